The van der Waals surface area contributed by atoms with Gasteiger partial charge in [-0.2, -0.15) is 0 Å². The normalized spacial score (nSPS) is 11.7. The van der Waals surface area contributed by atoms with Crippen molar-refractivity contribution in [1.29, 1.82) is 0 Å². The first-order valence-corrected chi connectivity index (χ1v) is 7.22. The third-order valence-corrected chi connectivity index (χ3v) is 5.13. The summed E-state index contributed by atoms with van der Waals surface area (Å²) in [5, 5.41) is 2.60. The van der Waals surface area contributed by atoms with Crippen LogP contribution in [0.25, 0.3) is 21.9 Å². The van der Waals surface area contributed by atoms with Crippen LogP contribution in [-0.2, 0) is 0 Å². The molecule has 0 atom stereocenters. The molecule has 3 rings (SSSR count). The van der Waals surface area contributed by atoms with Crippen LogP contribution in [-0.4, -0.2) is 0 Å². The highest BCUT2D eigenvalue weighted by atomic mass is 35.5. The Morgan fingerprint density at radius 2 is 1.16 bits per heavy atom. The molecule has 0 aliphatic heterocycles. The molecular formula is C12H2Cl6O. The number of furan rings is 1. The molecule has 0 radical (unpaired) electrons. The van der Waals surface area contributed by atoms with Gasteiger partial charge in [0.05, 0.1) is 30.5 Å². The lowest BCUT2D eigenvalue weighted by Crippen LogP contribution is -1.78. The average molecular weight is 387 g/mol. The fourth-order valence-electron chi connectivity index (χ4n) is 1.90. The highest BCUT2D eigenvalue weighted by molar-refractivity contribution is 6.56. The number of hydrogen-bond acceptors (Lipinski definition) is 1. The van der Waals surface area contributed by atoms with Crippen molar-refractivity contribution in [3.63, 3.8) is 0 Å². The molecule has 2 aromatic carbocycles. The Hall–Kier alpha value is -0.0200. The Morgan fingerprint density at radius 1 is 0.579 bits per heavy atom. The summed E-state index contributed by atoms with van der Waals surface area (Å²) in [6.45, 7) is 0. The minimum atomic E-state index is 0.132. The standard InChI is InChI=1S/C12H2Cl6O/c13-3-1-2-4(14)11-5(3)6-7(15)8(16)9(17)10(18)12(6)19-11/h1-2H/i1+1,2+1,3+1,4+1,5+1,6+1,7+1,8+1,9+1,10+1,11+1,12+1. The topological polar surface area (TPSA) is 13.1 Å². The van der Waals surface area contributed by atoms with E-state index in [0.717, 1.165) is 0 Å². The predicted octanol–water partition coefficient (Wildman–Crippen LogP) is 7.51. The largest absolute Gasteiger partial charge is 0.453 e. The summed E-state index contributed by atoms with van der Waals surface area (Å²) in [5.41, 5.74) is 0.706. The van der Waals surface area contributed by atoms with Crippen molar-refractivity contribution in [2.24, 2.45) is 0 Å². The van der Waals surface area contributed by atoms with Gasteiger partial charge in [0.25, 0.3) is 0 Å². The van der Waals surface area contributed by atoms with Crippen molar-refractivity contribution in [1.82, 2.24) is 0 Å². The van der Waals surface area contributed by atoms with Crippen LogP contribution in [0.15, 0.2) is 16.5 Å². The monoisotopic (exact) mass is 384 g/mol. The van der Waals surface area contributed by atoms with Crippen LogP contribution in [0.3, 0.4) is 0 Å². The molecular weight excluding hydrogens is 385 g/mol. The highest BCUT2D eigenvalue weighted by Gasteiger charge is 2.23. The molecule has 1 nitrogen and oxygen atoms in total. The van der Waals surface area contributed by atoms with E-state index in [1.54, 1.807) is 12.1 Å². The summed E-state index contributed by atoms with van der Waals surface area (Å²) in [4.78, 5) is 0. The van der Waals surface area contributed by atoms with Gasteiger partial charge < -0.3 is 4.42 Å². The summed E-state index contributed by atoms with van der Waals surface area (Å²) in [5.74, 6) is 0. The van der Waals surface area contributed by atoms with Gasteiger partial charge in [-0.1, -0.05) is 69.6 Å². The van der Waals surface area contributed by atoms with Crippen LogP contribution in [0.4, 0.5) is 0 Å². The van der Waals surface area contributed by atoms with Crippen LogP contribution in [0.5, 0.6) is 0 Å². The van der Waals surface area contributed by atoms with E-state index in [4.69, 9.17) is 74.0 Å². The summed E-state index contributed by atoms with van der Waals surface area (Å²) >= 11 is 36.6. The quantitative estimate of drug-likeness (QED) is 0.288. The van der Waals surface area contributed by atoms with Crippen molar-refractivity contribution in [2.45, 2.75) is 0 Å². The zero-order valence-corrected chi connectivity index (χ0v) is 13.4. The molecule has 7 heteroatoms. The summed E-state index contributed by atoms with van der Waals surface area (Å²) in [6.07, 6.45) is 0. The van der Waals surface area contributed by atoms with Crippen molar-refractivity contribution >= 4 is 91.5 Å². The molecule has 0 fully saturated rings. The van der Waals surface area contributed by atoms with Gasteiger partial charge in [-0.25, -0.2) is 0 Å². The lowest BCUT2D eigenvalue weighted by Gasteiger charge is -2.03. The van der Waals surface area contributed by atoms with Crippen molar-refractivity contribution in [2.75, 3.05) is 0 Å². The maximum absolute atomic E-state index is 6.21. The fourth-order valence-corrected chi connectivity index (χ4v) is 3.31. The number of benzene rings is 2. The van der Waals surface area contributed by atoms with Crippen LogP contribution < -0.4 is 0 Å². The minimum absolute atomic E-state index is 0.132. The second kappa shape index (κ2) is 4.77. The molecule has 3 aromatic rings. The SMILES string of the molecule is Cl[13c]1[13c](Cl)[13c](Cl)[13c]2[13c](o[13c]3[13c](Cl)[13cH][13cH][13c](Cl)[13c]32)[13c]1Cl. The van der Waals surface area contributed by atoms with Gasteiger partial charge in [-0.15, -0.1) is 0 Å². The fraction of sp³-hybridized carbons (Fsp3) is 0. The summed E-state index contributed by atoms with van der Waals surface area (Å²) < 4.78 is 5.64. The van der Waals surface area contributed by atoms with E-state index >= 15 is 0 Å². The Balaban J connectivity index is 2.71. The van der Waals surface area contributed by atoms with Crippen LogP contribution in [0.2, 0.25) is 30.1 Å². The average Bonchev–Trinajstić information content (AvgIpc) is 2.80. The van der Waals surface area contributed by atoms with Gasteiger partial charge in [-0.05, 0) is 12.1 Å². The summed E-state index contributed by atoms with van der Waals surface area (Å²) in [7, 11) is 0. The molecule has 98 valence electrons. The Bertz CT molecular complexity index is 836. The van der Waals surface area contributed by atoms with Crippen molar-refractivity contribution in [3.05, 3.63) is 42.3 Å². The molecule has 0 bridgehead atoms. The predicted molar refractivity (Wildman–Crippen MR) is 83.8 cm³/mol. The van der Waals surface area contributed by atoms with E-state index in [9.17, 15) is 0 Å². The van der Waals surface area contributed by atoms with Gasteiger partial charge in [0.1, 0.15) is 5.02 Å². The van der Waals surface area contributed by atoms with Gasteiger partial charge in [0.15, 0.2) is 11.2 Å². The second-order valence-corrected chi connectivity index (χ2v) is 6.12. The Kier molecular flexibility index (Phi) is 3.50. The number of hydrogen-bond donors (Lipinski definition) is 0. The Labute approximate surface area is 137 Å². The number of halogens is 6. The zero-order chi connectivity index (χ0) is 13.9. The third-order valence-electron chi connectivity index (χ3n) is 2.74. The third kappa shape index (κ3) is 1.91. The van der Waals surface area contributed by atoms with E-state index < -0.39 is 0 Å². The molecule has 0 amide bonds. The molecule has 0 saturated heterocycles. The molecule has 0 saturated carbocycles. The number of rotatable bonds is 0. The molecule has 1 heterocycles. The maximum atomic E-state index is 6.21. The van der Waals surface area contributed by atoms with E-state index in [-0.39, 0.29) is 20.1 Å². The van der Waals surface area contributed by atoms with Crippen LogP contribution >= 0.6 is 69.6 Å². The van der Waals surface area contributed by atoms with E-state index in [0.29, 0.717) is 32.0 Å². The van der Waals surface area contributed by atoms with Crippen molar-refractivity contribution < 1.29 is 4.42 Å². The smallest absolute Gasteiger partial charge is 0.157 e. The minimum Gasteiger partial charge on any atom is -0.453 e. The molecule has 0 spiro atoms. The van der Waals surface area contributed by atoms with E-state index in [2.05, 4.69) is 0 Å². The lowest BCUT2D eigenvalue weighted by atomic mass is 11.1. The maximum Gasteiger partial charge on any atom is 0.157 e. The molecule has 1 aromatic heterocycles. The zero-order valence-electron chi connectivity index (χ0n) is 8.83. The van der Waals surface area contributed by atoms with Gasteiger partial charge >= 0.3 is 0 Å². The first-order valence-electron chi connectivity index (χ1n) is 4.95. The molecule has 19 heavy (non-hydrogen) atoms. The molecule has 0 N–H and O–H groups in total. The first-order chi connectivity index (χ1) is 8.93. The number of fused-ring (bicyclic) bond motifs is 3. The van der Waals surface area contributed by atoms with Gasteiger partial charge in [-0.3, -0.25) is 0 Å². The first kappa shape index (κ1) is 13.9. The van der Waals surface area contributed by atoms with Crippen molar-refractivity contribution in [3.8, 4) is 0 Å². The second-order valence-electron chi connectivity index (χ2n) is 3.80. The van der Waals surface area contributed by atoms with E-state index in [1.807, 2.05) is 0 Å². The molecule has 0 aliphatic rings. The van der Waals surface area contributed by atoms with Gasteiger partial charge in [0, 0.05) is 5.39 Å². The molecule has 0 aliphatic carbocycles. The van der Waals surface area contributed by atoms with E-state index in [1.165, 1.54) is 0 Å². The van der Waals surface area contributed by atoms with Crippen LogP contribution in [0.1, 0.15) is 0 Å². The van der Waals surface area contributed by atoms with Crippen LogP contribution in [0, 0.1) is 0 Å². The Morgan fingerprint density at radius 3 is 1.84 bits per heavy atom. The molecule has 0 unspecified atom stereocenters. The highest BCUT2D eigenvalue weighted by Crippen LogP contribution is 2.49. The lowest BCUT2D eigenvalue weighted by molar-refractivity contribution is 0.669. The summed E-state index contributed by atoms with van der Waals surface area (Å²) in [6, 6.07) is 3.27. The van der Waals surface area contributed by atoms with Gasteiger partial charge in [0.2, 0.25) is 0 Å².